The Hall–Kier alpha value is -3.60. The second kappa shape index (κ2) is 11.1. The van der Waals surface area contributed by atoms with E-state index >= 15 is 0 Å². The summed E-state index contributed by atoms with van der Waals surface area (Å²) in [5.74, 6) is 0.150. The average molecular weight is 431 g/mol. The van der Waals surface area contributed by atoms with Crippen LogP contribution in [0.5, 0.6) is 5.75 Å². The Bertz CT molecular complexity index is 1060. The number of carbonyl (C=O) groups is 2. The van der Waals surface area contributed by atoms with Crippen molar-refractivity contribution in [3.63, 3.8) is 0 Å². The van der Waals surface area contributed by atoms with Crippen molar-refractivity contribution in [3.8, 4) is 5.75 Å². The van der Waals surface area contributed by atoms with Gasteiger partial charge in [-0.3, -0.25) is 9.59 Å². The molecular weight excluding hydrogens is 400 g/mol. The van der Waals surface area contributed by atoms with Crippen LogP contribution in [0.1, 0.15) is 40.4 Å². The van der Waals surface area contributed by atoms with Crippen molar-refractivity contribution in [1.82, 2.24) is 5.32 Å². The number of ether oxygens (including phenoxy) is 1. The molecule has 0 bridgehead atoms. The van der Waals surface area contributed by atoms with Gasteiger partial charge in [0.2, 0.25) is 0 Å². The van der Waals surface area contributed by atoms with Crippen molar-refractivity contribution in [2.45, 2.75) is 39.7 Å². The number of para-hydroxylation sites is 1. The monoisotopic (exact) mass is 430 g/mol. The smallest absolute Gasteiger partial charge is 0.265 e. The van der Waals surface area contributed by atoms with Crippen molar-refractivity contribution in [3.05, 3.63) is 95.1 Å². The molecule has 2 amide bonds. The van der Waals surface area contributed by atoms with Gasteiger partial charge in [-0.05, 0) is 67.6 Å². The molecule has 5 nitrogen and oxygen atoms in total. The molecule has 0 fully saturated rings. The molecular formula is C27H30N2O3. The van der Waals surface area contributed by atoms with E-state index < -0.39 is 6.10 Å². The Balaban J connectivity index is 1.63. The van der Waals surface area contributed by atoms with Crippen LogP contribution in [-0.2, 0) is 11.2 Å². The first-order chi connectivity index (χ1) is 15.5. The number of nitrogens with one attached hydrogen (secondary N) is 2. The minimum absolute atomic E-state index is 0.222. The summed E-state index contributed by atoms with van der Waals surface area (Å²) in [7, 11) is 0. The molecule has 0 aromatic heterocycles. The molecule has 3 rings (SSSR count). The van der Waals surface area contributed by atoms with Gasteiger partial charge in [0, 0.05) is 6.54 Å². The Labute approximate surface area is 189 Å². The van der Waals surface area contributed by atoms with Crippen molar-refractivity contribution in [1.29, 1.82) is 0 Å². The lowest BCUT2D eigenvalue weighted by Crippen LogP contribution is -2.33. The summed E-state index contributed by atoms with van der Waals surface area (Å²) in [6.45, 7) is 6.45. The molecule has 2 N–H and O–H groups in total. The number of carbonyl (C=O) groups excluding carboxylic acids is 2. The number of hydrogen-bond donors (Lipinski definition) is 2. The van der Waals surface area contributed by atoms with Gasteiger partial charge in [0.15, 0.2) is 6.10 Å². The van der Waals surface area contributed by atoms with Gasteiger partial charge in [-0.1, -0.05) is 55.5 Å². The van der Waals surface area contributed by atoms with Crippen molar-refractivity contribution in [2.75, 3.05) is 11.9 Å². The van der Waals surface area contributed by atoms with Crippen LogP contribution in [0, 0.1) is 13.8 Å². The number of rotatable bonds is 9. The number of amides is 2. The maximum atomic E-state index is 12.9. The van der Waals surface area contributed by atoms with Gasteiger partial charge in [-0.25, -0.2) is 0 Å². The van der Waals surface area contributed by atoms with Gasteiger partial charge < -0.3 is 15.4 Å². The van der Waals surface area contributed by atoms with E-state index in [2.05, 4.69) is 10.6 Å². The Morgan fingerprint density at radius 2 is 1.62 bits per heavy atom. The number of hydrogen-bond acceptors (Lipinski definition) is 3. The topological polar surface area (TPSA) is 67.4 Å². The standard InChI is InChI=1S/C27H30N2O3/c1-4-25(32-22-15-14-19(2)20(3)18-22)27(31)29-24-13-9-8-12-23(24)26(30)28-17-16-21-10-6-5-7-11-21/h5-15,18,25H,4,16-17H2,1-3H3,(H,28,30)(H,29,31). The molecule has 1 atom stereocenters. The number of anilines is 1. The summed E-state index contributed by atoms with van der Waals surface area (Å²) in [6, 6.07) is 22.8. The lowest BCUT2D eigenvalue weighted by atomic mass is 10.1. The average Bonchev–Trinajstić information content (AvgIpc) is 2.80. The molecule has 3 aromatic rings. The highest BCUT2D eigenvalue weighted by molar-refractivity contribution is 6.04. The van der Waals surface area contributed by atoms with E-state index in [1.54, 1.807) is 24.3 Å². The first kappa shape index (κ1) is 23.1. The minimum atomic E-state index is -0.661. The summed E-state index contributed by atoms with van der Waals surface area (Å²) in [5, 5.41) is 5.81. The van der Waals surface area contributed by atoms with E-state index in [-0.39, 0.29) is 11.8 Å². The zero-order valence-electron chi connectivity index (χ0n) is 18.9. The van der Waals surface area contributed by atoms with Gasteiger partial charge in [0.25, 0.3) is 11.8 Å². The highest BCUT2D eigenvalue weighted by Crippen LogP contribution is 2.20. The van der Waals surface area contributed by atoms with E-state index in [1.165, 1.54) is 5.56 Å². The number of aryl methyl sites for hydroxylation is 2. The van der Waals surface area contributed by atoms with Crippen LogP contribution in [0.3, 0.4) is 0 Å². The van der Waals surface area contributed by atoms with Crippen LogP contribution >= 0.6 is 0 Å². The van der Waals surface area contributed by atoms with E-state index in [0.717, 1.165) is 17.5 Å². The van der Waals surface area contributed by atoms with Crippen LogP contribution in [0.25, 0.3) is 0 Å². The fourth-order valence-electron chi connectivity index (χ4n) is 3.34. The third-order valence-corrected chi connectivity index (χ3v) is 5.39. The van der Waals surface area contributed by atoms with Crippen LogP contribution in [0.2, 0.25) is 0 Å². The van der Waals surface area contributed by atoms with Gasteiger partial charge in [0.05, 0.1) is 11.3 Å². The fraction of sp³-hybridized carbons (Fsp3) is 0.259. The Morgan fingerprint density at radius 3 is 2.34 bits per heavy atom. The molecule has 0 aliphatic heterocycles. The third kappa shape index (κ3) is 6.20. The molecule has 0 aliphatic carbocycles. The lowest BCUT2D eigenvalue weighted by molar-refractivity contribution is -0.122. The Morgan fingerprint density at radius 1 is 0.906 bits per heavy atom. The largest absolute Gasteiger partial charge is 0.481 e. The van der Waals surface area contributed by atoms with Gasteiger partial charge in [0.1, 0.15) is 5.75 Å². The molecule has 0 radical (unpaired) electrons. The molecule has 166 valence electrons. The quantitative estimate of drug-likeness (QED) is 0.498. The van der Waals surface area contributed by atoms with Crippen LogP contribution < -0.4 is 15.4 Å². The second-order valence-electron chi connectivity index (χ2n) is 7.79. The third-order valence-electron chi connectivity index (χ3n) is 5.39. The molecule has 0 aliphatic rings. The van der Waals surface area contributed by atoms with Crippen molar-refractivity contribution >= 4 is 17.5 Å². The molecule has 3 aromatic carbocycles. The summed E-state index contributed by atoms with van der Waals surface area (Å²) in [4.78, 5) is 25.6. The maximum Gasteiger partial charge on any atom is 0.265 e. The van der Waals surface area contributed by atoms with Gasteiger partial charge >= 0.3 is 0 Å². The number of benzene rings is 3. The van der Waals surface area contributed by atoms with Gasteiger partial charge in [-0.15, -0.1) is 0 Å². The van der Waals surface area contributed by atoms with E-state index in [0.29, 0.717) is 30.0 Å². The normalized spacial score (nSPS) is 11.5. The predicted molar refractivity (Wildman–Crippen MR) is 128 cm³/mol. The fourth-order valence-corrected chi connectivity index (χ4v) is 3.34. The first-order valence-electron chi connectivity index (χ1n) is 10.9. The molecule has 1 unspecified atom stereocenters. The predicted octanol–water partition coefficient (Wildman–Crippen LogP) is 5.07. The highest BCUT2D eigenvalue weighted by atomic mass is 16.5. The lowest BCUT2D eigenvalue weighted by Gasteiger charge is -2.19. The summed E-state index contributed by atoms with van der Waals surface area (Å²) in [6.07, 6.45) is 0.582. The molecule has 0 heterocycles. The summed E-state index contributed by atoms with van der Waals surface area (Å²) >= 11 is 0. The molecule has 5 heteroatoms. The van der Waals surface area contributed by atoms with Crippen LogP contribution in [-0.4, -0.2) is 24.5 Å². The van der Waals surface area contributed by atoms with Crippen molar-refractivity contribution < 1.29 is 14.3 Å². The molecule has 0 saturated heterocycles. The van der Waals surface area contributed by atoms with Crippen molar-refractivity contribution in [2.24, 2.45) is 0 Å². The molecule has 0 spiro atoms. The minimum Gasteiger partial charge on any atom is -0.481 e. The van der Waals surface area contributed by atoms with E-state index in [9.17, 15) is 9.59 Å². The van der Waals surface area contributed by atoms with E-state index in [1.807, 2.05) is 69.3 Å². The van der Waals surface area contributed by atoms with Crippen LogP contribution in [0.4, 0.5) is 5.69 Å². The molecule has 32 heavy (non-hydrogen) atoms. The highest BCUT2D eigenvalue weighted by Gasteiger charge is 2.21. The molecule has 0 saturated carbocycles. The zero-order valence-corrected chi connectivity index (χ0v) is 18.9. The SMILES string of the molecule is CCC(Oc1ccc(C)c(C)c1)C(=O)Nc1ccccc1C(=O)NCCc1ccccc1. The maximum absolute atomic E-state index is 12.9. The summed E-state index contributed by atoms with van der Waals surface area (Å²) < 4.78 is 5.94. The van der Waals surface area contributed by atoms with Gasteiger partial charge in [-0.2, -0.15) is 0 Å². The second-order valence-corrected chi connectivity index (χ2v) is 7.79. The summed E-state index contributed by atoms with van der Waals surface area (Å²) in [5.41, 5.74) is 4.33. The zero-order chi connectivity index (χ0) is 22.9. The van der Waals surface area contributed by atoms with Crippen LogP contribution in [0.15, 0.2) is 72.8 Å². The first-order valence-corrected chi connectivity index (χ1v) is 10.9. The Kier molecular flexibility index (Phi) is 8.03. The van der Waals surface area contributed by atoms with E-state index in [4.69, 9.17) is 4.74 Å².